The van der Waals surface area contributed by atoms with Crippen LogP contribution in [0.15, 0.2) is 59.3 Å². The van der Waals surface area contributed by atoms with Gasteiger partial charge in [0.1, 0.15) is 5.69 Å². The van der Waals surface area contributed by atoms with Gasteiger partial charge in [0.2, 0.25) is 0 Å². The number of benzene rings is 1. The van der Waals surface area contributed by atoms with Gasteiger partial charge in [-0.05, 0) is 28.5 Å². The molecule has 0 unspecified atom stereocenters. The third-order valence-electron chi connectivity index (χ3n) is 3.29. The molecule has 0 bridgehead atoms. The molecule has 3 heterocycles. The summed E-state index contributed by atoms with van der Waals surface area (Å²) in [5.41, 5.74) is 3.61. The molecule has 4 heteroatoms. The summed E-state index contributed by atoms with van der Waals surface area (Å²) in [6, 6.07) is 16.9. The Morgan fingerprint density at radius 3 is 2.60 bits per heavy atom. The number of fused-ring (bicyclic) bond motifs is 1. The molecular formula is C16H12N2S2. The molecule has 4 aromatic rings. The van der Waals surface area contributed by atoms with Crippen LogP contribution in [0.4, 0.5) is 0 Å². The standard InChI is InChI=1S/C16H12N2S2/c1-2-5-12(6-3-1)11-18-13-8-10-20-16(13)15(17-18)14-7-4-9-19-14/h1-10H,11H2. The van der Waals surface area contributed by atoms with Gasteiger partial charge in [-0.25, -0.2) is 0 Å². The molecule has 20 heavy (non-hydrogen) atoms. The van der Waals surface area contributed by atoms with Crippen molar-refractivity contribution in [2.45, 2.75) is 6.54 Å². The van der Waals surface area contributed by atoms with Crippen LogP contribution >= 0.6 is 22.7 Å². The topological polar surface area (TPSA) is 17.8 Å². The van der Waals surface area contributed by atoms with Crippen molar-refractivity contribution < 1.29 is 0 Å². The van der Waals surface area contributed by atoms with Crippen molar-refractivity contribution in [1.82, 2.24) is 9.78 Å². The lowest BCUT2D eigenvalue weighted by atomic mass is 10.2. The van der Waals surface area contributed by atoms with E-state index in [0.29, 0.717) is 0 Å². The molecule has 0 N–H and O–H groups in total. The molecule has 0 atom stereocenters. The average molecular weight is 296 g/mol. The van der Waals surface area contributed by atoms with Crippen molar-refractivity contribution in [3.05, 3.63) is 64.9 Å². The van der Waals surface area contributed by atoms with E-state index < -0.39 is 0 Å². The van der Waals surface area contributed by atoms with Crippen LogP contribution < -0.4 is 0 Å². The van der Waals surface area contributed by atoms with Crippen LogP contribution in [0.3, 0.4) is 0 Å². The monoisotopic (exact) mass is 296 g/mol. The minimum absolute atomic E-state index is 0.819. The summed E-state index contributed by atoms with van der Waals surface area (Å²) in [6.07, 6.45) is 0. The van der Waals surface area contributed by atoms with E-state index in [4.69, 9.17) is 5.10 Å². The summed E-state index contributed by atoms with van der Waals surface area (Å²) in [6.45, 7) is 0.819. The van der Waals surface area contributed by atoms with E-state index in [1.54, 1.807) is 22.7 Å². The van der Waals surface area contributed by atoms with Crippen molar-refractivity contribution in [3.63, 3.8) is 0 Å². The second-order valence-electron chi connectivity index (χ2n) is 4.60. The molecule has 0 aliphatic heterocycles. The first-order chi connectivity index (χ1) is 9.92. The minimum Gasteiger partial charge on any atom is -0.259 e. The zero-order valence-corrected chi connectivity index (χ0v) is 12.3. The molecule has 3 aromatic heterocycles. The van der Waals surface area contributed by atoms with Gasteiger partial charge < -0.3 is 0 Å². The van der Waals surface area contributed by atoms with Crippen LogP contribution in [0.2, 0.25) is 0 Å². The van der Waals surface area contributed by atoms with Crippen molar-refractivity contribution in [3.8, 4) is 10.6 Å². The highest BCUT2D eigenvalue weighted by molar-refractivity contribution is 7.19. The smallest absolute Gasteiger partial charge is 0.120 e. The highest BCUT2D eigenvalue weighted by Crippen LogP contribution is 2.34. The Labute approximate surface area is 124 Å². The fourth-order valence-electron chi connectivity index (χ4n) is 2.35. The van der Waals surface area contributed by atoms with Gasteiger partial charge in [-0.3, -0.25) is 4.68 Å². The van der Waals surface area contributed by atoms with Gasteiger partial charge >= 0.3 is 0 Å². The van der Waals surface area contributed by atoms with E-state index >= 15 is 0 Å². The van der Waals surface area contributed by atoms with Crippen LogP contribution in [0.5, 0.6) is 0 Å². The molecule has 2 nitrogen and oxygen atoms in total. The predicted octanol–water partition coefficient (Wildman–Crippen LogP) is 4.87. The molecule has 0 aliphatic rings. The largest absolute Gasteiger partial charge is 0.259 e. The van der Waals surface area contributed by atoms with Gasteiger partial charge in [0.05, 0.1) is 21.6 Å². The van der Waals surface area contributed by atoms with Crippen molar-refractivity contribution in [2.24, 2.45) is 0 Å². The fraction of sp³-hybridized carbons (Fsp3) is 0.0625. The maximum Gasteiger partial charge on any atom is 0.120 e. The first-order valence-corrected chi connectivity index (χ1v) is 8.19. The van der Waals surface area contributed by atoms with E-state index in [1.807, 2.05) is 6.07 Å². The van der Waals surface area contributed by atoms with E-state index in [0.717, 1.165) is 12.2 Å². The maximum atomic E-state index is 4.82. The summed E-state index contributed by atoms with van der Waals surface area (Å²) in [5.74, 6) is 0. The van der Waals surface area contributed by atoms with Crippen LogP contribution in [-0.2, 0) is 6.54 Å². The van der Waals surface area contributed by atoms with Crippen molar-refractivity contribution in [2.75, 3.05) is 0 Å². The highest BCUT2D eigenvalue weighted by atomic mass is 32.1. The third-order valence-corrected chi connectivity index (χ3v) is 5.07. The summed E-state index contributed by atoms with van der Waals surface area (Å²) in [7, 11) is 0. The normalized spacial score (nSPS) is 11.2. The predicted molar refractivity (Wildman–Crippen MR) is 86.5 cm³/mol. The van der Waals surface area contributed by atoms with E-state index in [2.05, 4.69) is 57.9 Å². The van der Waals surface area contributed by atoms with Crippen molar-refractivity contribution in [1.29, 1.82) is 0 Å². The van der Waals surface area contributed by atoms with Crippen LogP contribution in [-0.4, -0.2) is 9.78 Å². The molecule has 1 aromatic carbocycles. The molecule has 4 rings (SSSR count). The molecule has 0 aliphatic carbocycles. The Hall–Kier alpha value is -1.91. The zero-order chi connectivity index (χ0) is 13.4. The lowest BCUT2D eigenvalue weighted by Crippen LogP contribution is -2.01. The van der Waals surface area contributed by atoms with Crippen LogP contribution in [0.25, 0.3) is 20.8 Å². The van der Waals surface area contributed by atoms with E-state index in [9.17, 15) is 0 Å². The second kappa shape index (κ2) is 4.89. The molecular weight excluding hydrogens is 284 g/mol. The van der Waals surface area contributed by atoms with Gasteiger partial charge in [-0.1, -0.05) is 36.4 Å². The Morgan fingerprint density at radius 2 is 1.80 bits per heavy atom. The number of aromatic nitrogens is 2. The first kappa shape index (κ1) is 11.9. The van der Waals surface area contributed by atoms with E-state index in [-0.39, 0.29) is 0 Å². The molecule has 98 valence electrons. The summed E-state index contributed by atoms with van der Waals surface area (Å²) < 4.78 is 3.39. The summed E-state index contributed by atoms with van der Waals surface area (Å²) in [5, 5.41) is 9.07. The maximum absolute atomic E-state index is 4.82. The van der Waals surface area contributed by atoms with Gasteiger partial charge in [0.25, 0.3) is 0 Å². The Kier molecular flexibility index (Phi) is 2.90. The molecule has 0 spiro atoms. The average Bonchev–Trinajstić information content (AvgIpc) is 3.18. The minimum atomic E-state index is 0.819. The van der Waals surface area contributed by atoms with Gasteiger partial charge in [0, 0.05) is 0 Å². The van der Waals surface area contributed by atoms with Crippen LogP contribution in [0, 0.1) is 0 Å². The molecule has 0 saturated carbocycles. The zero-order valence-electron chi connectivity index (χ0n) is 10.7. The van der Waals surface area contributed by atoms with Gasteiger partial charge in [-0.2, -0.15) is 5.10 Å². The Bertz CT molecular complexity index is 826. The number of hydrogen-bond acceptors (Lipinski definition) is 3. The number of thiophene rings is 2. The van der Waals surface area contributed by atoms with Gasteiger partial charge in [-0.15, -0.1) is 22.7 Å². The SMILES string of the molecule is c1ccc(Cn2nc(-c3cccs3)c3sccc32)cc1. The third kappa shape index (κ3) is 1.97. The lowest BCUT2D eigenvalue weighted by Gasteiger charge is -2.02. The Balaban J connectivity index is 1.83. The number of nitrogens with zero attached hydrogens (tertiary/aromatic N) is 2. The highest BCUT2D eigenvalue weighted by Gasteiger charge is 2.14. The first-order valence-electron chi connectivity index (χ1n) is 6.43. The second-order valence-corrected chi connectivity index (χ2v) is 6.47. The fourth-order valence-corrected chi connectivity index (χ4v) is 4.02. The summed E-state index contributed by atoms with van der Waals surface area (Å²) in [4.78, 5) is 1.24. The quantitative estimate of drug-likeness (QED) is 0.527. The molecule has 0 amide bonds. The molecule has 0 fully saturated rings. The van der Waals surface area contributed by atoms with Crippen LogP contribution in [0.1, 0.15) is 5.56 Å². The number of rotatable bonds is 3. The summed E-state index contributed by atoms with van der Waals surface area (Å²) >= 11 is 3.51. The molecule has 0 radical (unpaired) electrons. The Morgan fingerprint density at radius 1 is 0.900 bits per heavy atom. The number of hydrogen-bond donors (Lipinski definition) is 0. The van der Waals surface area contributed by atoms with Crippen molar-refractivity contribution >= 4 is 32.9 Å². The molecule has 0 saturated heterocycles. The lowest BCUT2D eigenvalue weighted by molar-refractivity contribution is 0.715. The van der Waals surface area contributed by atoms with E-state index in [1.165, 1.54) is 20.7 Å². The van der Waals surface area contributed by atoms with Gasteiger partial charge in [0.15, 0.2) is 0 Å².